The van der Waals surface area contributed by atoms with E-state index < -0.39 is 0 Å². The van der Waals surface area contributed by atoms with Gasteiger partial charge in [-0.15, -0.1) is 0 Å². The Morgan fingerprint density at radius 2 is 2.05 bits per heavy atom. The number of aromatic nitrogens is 3. The van der Waals surface area contributed by atoms with E-state index in [1.54, 1.807) is 17.1 Å². The van der Waals surface area contributed by atoms with Crippen molar-refractivity contribution in [3.63, 3.8) is 0 Å². The lowest BCUT2D eigenvalue weighted by atomic mass is 10.2. The molecule has 0 unspecified atom stereocenters. The predicted octanol–water partition coefficient (Wildman–Crippen LogP) is 1.96. The van der Waals surface area contributed by atoms with E-state index in [-0.39, 0.29) is 0 Å². The third-order valence-corrected chi connectivity index (χ3v) is 3.16. The van der Waals surface area contributed by atoms with Crippen molar-refractivity contribution < 1.29 is 4.79 Å². The van der Waals surface area contributed by atoms with Crippen LogP contribution in [0.2, 0.25) is 0 Å². The van der Waals surface area contributed by atoms with E-state index in [0.717, 1.165) is 36.5 Å². The van der Waals surface area contributed by atoms with Gasteiger partial charge in [0.05, 0.1) is 11.3 Å². The molecule has 0 atom stereocenters. The van der Waals surface area contributed by atoms with Crippen LogP contribution in [0.25, 0.3) is 0 Å². The Morgan fingerprint density at radius 1 is 1.37 bits per heavy atom. The number of aldehydes is 1. The summed E-state index contributed by atoms with van der Waals surface area (Å²) in [6.45, 7) is 5.46. The van der Waals surface area contributed by atoms with Gasteiger partial charge in [-0.2, -0.15) is 5.10 Å². The second-order valence-electron chi connectivity index (χ2n) is 4.43. The first-order valence-electron chi connectivity index (χ1n) is 6.30. The van der Waals surface area contributed by atoms with Crippen LogP contribution >= 0.6 is 0 Å². The molecule has 0 spiro atoms. The van der Waals surface area contributed by atoms with Crippen molar-refractivity contribution in [2.75, 3.05) is 11.4 Å². The standard InChI is InChI=1S/C14H18N4O/c1-4-18(9-12-5-7-15-8-6-12)14-13(10-19)11(2)16-17(14)3/h5-8,10H,4,9H2,1-3H3. The maximum atomic E-state index is 11.2. The van der Waals surface area contributed by atoms with Crippen molar-refractivity contribution in [1.29, 1.82) is 0 Å². The molecule has 2 aromatic rings. The van der Waals surface area contributed by atoms with Gasteiger partial charge in [0, 0.05) is 32.5 Å². The number of carbonyl (C=O) groups is 1. The average molecular weight is 258 g/mol. The lowest BCUT2D eigenvalue weighted by molar-refractivity contribution is 0.112. The molecule has 2 rings (SSSR count). The van der Waals surface area contributed by atoms with Crippen molar-refractivity contribution in [3.8, 4) is 0 Å². The van der Waals surface area contributed by atoms with Crippen molar-refractivity contribution in [2.24, 2.45) is 7.05 Å². The third-order valence-electron chi connectivity index (χ3n) is 3.16. The first-order chi connectivity index (χ1) is 9.17. The quantitative estimate of drug-likeness (QED) is 0.769. The maximum absolute atomic E-state index is 11.2. The molecular weight excluding hydrogens is 240 g/mol. The van der Waals surface area contributed by atoms with Crippen LogP contribution in [0.4, 0.5) is 5.82 Å². The second kappa shape index (κ2) is 5.65. The van der Waals surface area contributed by atoms with E-state index in [2.05, 4.69) is 21.9 Å². The zero-order chi connectivity index (χ0) is 13.8. The van der Waals surface area contributed by atoms with Gasteiger partial charge >= 0.3 is 0 Å². The molecule has 0 aliphatic heterocycles. The van der Waals surface area contributed by atoms with Gasteiger partial charge in [-0.3, -0.25) is 14.5 Å². The summed E-state index contributed by atoms with van der Waals surface area (Å²) < 4.78 is 1.77. The molecule has 0 aromatic carbocycles. The number of hydrogen-bond donors (Lipinski definition) is 0. The number of pyridine rings is 1. The first kappa shape index (κ1) is 13.3. The summed E-state index contributed by atoms with van der Waals surface area (Å²) in [5.41, 5.74) is 2.59. The fourth-order valence-electron chi connectivity index (χ4n) is 2.22. The van der Waals surface area contributed by atoms with Crippen LogP contribution in [-0.4, -0.2) is 27.6 Å². The predicted molar refractivity (Wildman–Crippen MR) is 74.3 cm³/mol. The van der Waals surface area contributed by atoms with Gasteiger partial charge < -0.3 is 4.90 Å². The normalized spacial score (nSPS) is 10.5. The topological polar surface area (TPSA) is 51.0 Å². The average Bonchev–Trinajstić information content (AvgIpc) is 2.71. The lowest BCUT2D eigenvalue weighted by Gasteiger charge is -2.23. The Hall–Kier alpha value is -2.17. The van der Waals surface area contributed by atoms with Gasteiger partial charge in [0.25, 0.3) is 0 Å². The molecule has 0 saturated heterocycles. The summed E-state index contributed by atoms with van der Waals surface area (Å²) in [7, 11) is 1.87. The van der Waals surface area contributed by atoms with Crippen LogP contribution in [0.3, 0.4) is 0 Å². The van der Waals surface area contributed by atoms with E-state index in [9.17, 15) is 4.79 Å². The van der Waals surface area contributed by atoms with Crippen molar-refractivity contribution in [3.05, 3.63) is 41.3 Å². The summed E-state index contributed by atoms with van der Waals surface area (Å²) in [6, 6.07) is 3.96. The van der Waals surface area contributed by atoms with E-state index >= 15 is 0 Å². The molecule has 0 saturated carbocycles. The molecule has 100 valence electrons. The Kier molecular flexibility index (Phi) is 3.94. The van der Waals surface area contributed by atoms with Crippen molar-refractivity contribution >= 4 is 12.1 Å². The minimum atomic E-state index is 0.665. The zero-order valence-corrected chi connectivity index (χ0v) is 11.5. The molecule has 2 heterocycles. The highest BCUT2D eigenvalue weighted by atomic mass is 16.1. The Bertz CT molecular complexity index is 562. The van der Waals surface area contributed by atoms with Gasteiger partial charge in [0.2, 0.25) is 0 Å². The summed E-state index contributed by atoms with van der Waals surface area (Å²) in [5.74, 6) is 0.867. The number of hydrogen-bond acceptors (Lipinski definition) is 4. The summed E-state index contributed by atoms with van der Waals surface area (Å²) in [4.78, 5) is 17.4. The highest BCUT2D eigenvalue weighted by molar-refractivity contribution is 5.84. The number of rotatable bonds is 5. The first-order valence-corrected chi connectivity index (χ1v) is 6.30. The molecule has 5 heteroatoms. The molecule has 2 aromatic heterocycles. The molecule has 0 aliphatic rings. The van der Waals surface area contributed by atoms with Crippen LogP contribution in [0.5, 0.6) is 0 Å². The van der Waals surface area contributed by atoms with E-state index in [1.165, 1.54) is 0 Å². The van der Waals surface area contributed by atoms with Gasteiger partial charge in [-0.1, -0.05) is 0 Å². The minimum absolute atomic E-state index is 0.665. The van der Waals surface area contributed by atoms with E-state index in [4.69, 9.17) is 0 Å². The van der Waals surface area contributed by atoms with Crippen LogP contribution in [0, 0.1) is 6.92 Å². The zero-order valence-electron chi connectivity index (χ0n) is 11.5. The Labute approximate surface area is 112 Å². The largest absolute Gasteiger partial charge is 0.352 e. The molecular formula is C14H18N4O. The number of anilines is 1. The molecule has 0 bridgehead atoms. The molecule has 19 heavy (non-hydrogen) atoms. The molecule has 0 N–H and O–H groups in total. The van der Waals surface area contributed by atoms with Crippen molar-refractivity contribution in [1.82, 2.24) is 14.8 Å². The maximum Gasteiger partial charge on any atom is 0.155 e. The van der Waals surface area contributed by atoms with Gasteiger partial charge in [-0.05, 0) is 31.5 Å². The second-order valence-corrected chi connectivity index (χ2v) is 4.43. The highest BCUT2D eigenvalue weighted by Crippen LogP contribution is 2.22. The SMILES string of the molecule is CCN(Cc1ccncc1)c1c(C=O)c(C)nn1C. The van der Waals surface area contributed by atoms with Gasteiger partial charge in [0.15, 0.2) is 6.29 Å². The van der Waals surface area contributed by atoms with Crippen LogP contribution < -0.4 is 4.90 Å². The van der Waals surface area contributed by atoms with E-state index in [1.807, 2.05) is 26.1 Å². The molecule has 0 amide bonds. The molecule has 5 nitrogen and oxygen atoms in total. The summed E-state index contributed by atoms with van der Waals surface area (Å²) in [6.07, 6.45) is 4.43. The fourth-order valence-corrected chi connectivity index (χ4v) is 2.22. The fraction of sp³-hybridized carbons (Fsp3) is 0.357. The highest BCUT2D eigenvalue weighted by Gasteiger charge is 2.18. The number of carbonyl (C=O) groups excluding carboxylic acids is 1. The minimum Gasteiger partial charge on any atom is -0.352 e. The molecule has 0 fully saturated rings. The lowest BCUT2D eigenvalue weighted by Crippen LogP contribution is -2.25. The van der Waals surface area contributed by atoms with Gasteiger partial charge in [-0.25, -0.2) is 0 Å². The number of nitrogens with zero attached hydrogens (tertiary/aromatic N) is 4. The van der Waals surface area contributed by atoms with E-state index in [0.29, 0.717) is 5.56 Å². The monoisotopic (exact) mass is 258 g/mol. The van der Waals surface area contributed by atoms with Gasteiger partial charge in [0.1, 0.15) is 5.82 Å². The Morgan fingerprint density at radius 3 is 2.63 bits per heavy atom. The summed E-state index contributed by atoms with van der Waals surface area (Å²) >= 11 is 0. The smallest absolute Gasteiger partial charge is 0.155 e. The van der Waals surface area contributed by atoms with Crippen LogP contribution in [0.15, 0.2) is 24.5 Å². The van der Waals surface area contributed by atoms with Crippen LogP contribution in [0.1, 0.15) is 28.5 Å². The number of aryl methyl sites for hydroxylation is 2. The third kappa shape index (κ3) is 2.65. The van der Waals surface area contributed by atoms with Crippen LogP contribution in [-0.2, 0) is 13.6 Å². The molecule has 0 aliphatic carbocycles. The molecule has 0 radical (unpaired) electrons. The summed E-state index contributed by atoms with van der Waals surface area (Å²) in [5, 5.41) is 4.32. The van der Waals surface area contributed by atoms with Crippen molar-refractivity contribution in [2.45, 2.75) is 20.4 Å². The Balaban J connectivity index is 2.35.